The molecule has 1 N–H and O–H groups in total. The van der Waals surface area contributed by atoms with Crippen molar-refractivity contribution < 1.29 is 23.9 Å². The maximum absolute atomic E-state index is 11.7. The maximum Gasteiger partial charge on any atom is 0.337 e. The molecule has 0 unspecified atom stereocenters. The van der Waals surface area contributed by atoms with Crippen LogP contribution in [0, 0.1) is 0 Å². The Morgan fingerprint density at radius 2 is 1.87 bits per heavy atom. The minimum atomic E-state index is -0.847. The van der Waals surface area contributed by atoms with Crippen molar-refractivity contribution in [3.8, 4) is 0 Å². The van der Waals surface area contributed by atoms with Crippen LogP contribution in [0.25, 0.3) is 6.08 Å². The molecule has 0 spiro atoms. The van der Waals surface area contributed by atoms with Crippen molar-refractivity contribution in [2.45, 2.75) is 26.4 Å². The van der Waals surface area contributed by atoms with E-state index in [1.54, 1.807) is 30.3 Å². The lowest BCUT2D eigenvalue weighted by atomic mass is 10.1. The molecular formula is C17H21NO5. The molecular weight excluding hydrogens is 298 g/mol. The van der Waals surface area contributed by atoms with Gasteiger partial charge in [-0.15, -0.1) is 0 Å². The average Bonchev–Trinajstić information content (AvgIpc) is 2.57. The fourth-order valence-corrected chi connectivity index (χ4v) is 1.67. The van der Waals surface area contributed by atoms with Gasteiger partial charge in [0.25, 0.3) is 5.91 Å². The molecule has 0 aliphatic rings. The first-order valence-electron chi connectivity index (χ1n) is 7.32. The lowest BCUT2D eigenvalue weighted by Gasteiger charge is -2.11. The third-order valence-corrected chi connectivity index (χ3v) is 2.96. The molecule has 0 bridgehead atoms. The molecule has 0 radical (unpaired) electrons. The SMILES string of the molecule is CCCNC(=O)[C@@H](C)OC(=O)/C=C/c1ccc(C(=O)OC)cc1. The zero-order valence-corrected chi connectivity index (χ0v) is 13.5. The molecule has 6 nitrogen and oxygen atoms in total. The minimum absolute atomic E-state index is 0.323. The maximum atomic E-state index is 11.7. The van der Waals surface area contributed by atoms with E-state index in [0.29, 0.717) is 12.1 Å². The molecule has 1 aromatic carbocycles. The van der Waals surface area contributed by atoms with Gasteiger partial charge in [-0.25, -0.2) is 9.59 Å². The quantitative estimate of drug-likeness (QED) is 0.613. The highest BCUT2D eigenvalue weighted by Gasteiger charge is 2.15. The predicted molar refractivity (Wildman–Crippen MR) is 85.7 cm³/mol. The Kier molecular flexibility index (Phi) is 7.53. The van der Waals surface area contributed by atoms with Crippen molar-refractivity contribution in [2.75, 3.05) is 13.7 Å². The van der Waals surface area contributed by atoms with E-state index in [1.807, 2.05) is 6.92 Å². The number of ether oxygens (including phenoxy) is 2. The topological polar surface area (TPSA) is 81.7 Å². The summed E-state index contributed by atoms with van der Waals surface area (Å²) < 4.78 is 9.60. The summed E-state index contributed by atoms with van der Waals surface area (Å²) in [4.78, 5) is 34.5. The summed E-state index contributed by atoms with van der Waals surface area (Å²) in [7, 11) is 1.31. The molecule has 0 saturated carbocycles. The Hall–Kier alpha value is -2.63. The zero-order valence-electron chi connectivity index (χ0n) is 13.5. The van der Waals surface area contributed by atoms with Crippen LogP contribution in [0.5, 0.6) is 0 Å². The first-order chi connectivity index (χ1) is 11.0. The summed E-state index contributed by atoms with van der Waals surface area (Å²) >= 11 is 0. The largest absolute Gasteiger partial charge is 0.465 e. The normalized spacial score (nSPS) is 11.8. The molecule has 1 rings (SSSR count). The van der Waals surface area contributed by atoms with Gasteiger partial charge in [0, 0.05) is 12.6 Å². The van der Waals surface area contributed by atoms with Crippen LogP contribution in [0.2, 0.25) is 0 Å². The third-order valence-electron chi connectivity index (χ3n) is 2.96. The highest BCUT2D eigenvalue weighted by Crippen LogP contribution is 2.07. The number of nitrogens with one attached hydrogen (secondary N) is 1. The Morgan fingerprint density at radius 3 is 2.43 bits per heavy atom. The van der Waals surface area contributed by atoms with Crippen molar-refractivity contribution >= 4 is 23.9 Å². The number of rotatable bonds is 7. The summed E-state index contributed by atoms with van der Waals surface area (Å²) in [6.07, 6.45) is 2.74. The van der Waals surface area contributed by atoms with Gasteiger partial charge in [0.1, 0.15) is 0 Å². The van der Waals surface area contributed by atoms with E-state index in [2.05, 4.69) is 10.1 Å². The van der Waals surface area contributed by atoms with Crippen LogP contribution in [0.3, 0.4) is 0 Å². The summed E-state index contributed by atoms with van der Waals surface area (Å²) in [5, 5.41) is 2.65. The van der Waals surface area contributed by atoms with Gasteiger partial charge in [-0.2, -0.15) is 0 Å². The monoisotopic (exact) mass is 319 g/mol. The van der Waals surface area contributed by atoms with Crippen LogP contribution in [0.1, 0.15) is 36.2 Å². The van der Waals surface area contributed by atoms with E-state index in [9.17, 15) is 14.4 Å². The van der Waals surface area contributed by atoms with E-state index in [-0.39, 0.29) is 5.91 Å². The summed E-state index contributed by atoms with van der Waals surface area (Å²) in [6.45, 7) is 4.00. The first kappa shape index (κ1) is 18.4. The molecule has 0 aromatic heterocycles. The van der Waals surface area contributed by atoms with Crippen LogP contribution < -0.4 is 5.32 Å². The molecule has 0 fully saturated rings. The number of benzene rings is 1. The fraction of sp³-hybridized carbons (Fsp3) is 0.353. The molecule has 1 aromatic rings. The smallest absolute Gasteiger partial charge is 0.337 e. The Labute approximate surface area is 135 Å². The van der Waals surface area contributed by atoms with Crippen LogP contribution in [0.15, 0.2) is 30.3 Å². The van der Waals surface area contributed by atoms with Gasteiger partial charge >= 0.3 is 11.9 Å². The molecule has 23 heavy (non-hydrogen) atoms. The number of hydrogen-bond donors (Lipinski definition) is 1. The highest BCUT2D eigenvalue weighted by molar-refractivity contribution is 5.91. The van der Waals surface area contributed by atoms with Gasteiger partial charge in [0.2, 0.25) is 0 Å². The molecule has 0 saturated heterocycles. The summed E-state index contributed by atoms with van der Waals surface area (Å²) in [5.41, 5.74) is 1.14. The lowest BCUT2D eigenvalue weighted by molar-refractivity contribution is -0.150. The number of esters is 2. The van der Waals surface area contributed by atoms with E-state index < -0.39 is 18.0 Å². The number of carbonyl (C=O) groups excluding carboxylic acids is 3. The lowest BCUT2D eigenvalue weighted by Crippen LogP contribution is -2.35. The number of amides is 1. The summed E-state index contributed by atoms with van der Waals surface area (Å²) in [6, 6.07) is 6.54. The minimum Gasteiger partial charge on any atom is -0.465 e. The van der Waals surface area contributed by atoms with Gasteiger partial charge in [-0.05, 0) is 37.1 Å². The van der Waals surface area contributed by atoms with Crippen molar-refractivity contribution in [1.82, 2.24) is 5.32 Å². The molecule has 0 heterocycles. The Bertz CT molecular complexity index is 577. The number of carbonyl (C=O) groups is 3. The molecule has 1 amide bonds. The summed E-state index contributed by atoms with van der Waals surface area (Å²) in [5.74, 6) is -1.36. The molecule has 0 aliphatic carbocycles. The van der Waals surface area contributed by atoms with Gasteiger partial charge in [-0.3, -0.25) is 4.79 Å². The van der Waals surface area contributed by atoms with E-state index in [0.717, 1.165) is 12.0 Å². The predicted octanol–water partition coefficient (Wildman–Crippen LogP) is 1.94. The van der Waals surface area contributed by atoms with Crippen molar-refractivity contribution in [1.29, 1.82) is 0 Å². The standard InChI is InChI=1S/C17H21NO5/c1-4-11-18-16(20)12(2)23-15(19)10-7-13-5-8-14(9-6-13)17(21)22-3/h5-10,12H,4,11H2,1-3H3,(H,18,20)/b10-7+/t12-/m1/s1. The van der Waals surface area contributed by atoms with Gasteiger partial charge < -0.3 is 14.8 Å². The fourth-order valence-electron chi connectivity index (χ4n) is 1.67. The number of hydrogen-bond acceptors (Lipinski definition) is 5. The van der Waals surface area contributed by atoms with Crippen molar-refractivity contribution in [3.63, 3.8) is 0 Å². The van der Waals surface area contributed by atoms with Crippen LogP contribution in [0.4, 0.5) is 0 Å². The van der Waals surface area contributed by atoms with E-state index in [4.69, 9.17) is 4.74 Å². The zero-order chi connectivity index (χ0) is 17.2. The Balaban J connectivity index is 2.54. The highest BCUT2D eigenvalue weighted by atomic mass is 16.5. The average molecular weight is 319 g/mol. The van der Waals surface area contributed by atoms with Crippen LogP contribution in [-0.4, -0.2) is 37.6 Å². The van der Waals surface area contributed by atoms with Gasteiger partial charge in [0.15, 0.2) is 6.10 Å². The van der Waals surface area contributed by atoms with Crippen LogP contribution in [-0.2, 0) is 19.1 Å². The second-order valence-electron chi connectivity index (χ2n) is 4.82. The molecule has 6 heteroatoms. The molecule has 1 atom stereocenters. The Morgan fingerprint density at radius 1 is 1.22 bits per heavy atom. The van der Waals surface area contributed by atoms with Crippen molar-refractivity contribution in [2.24, 2.45) is 0 Å². The van der Waals surface area contributed by atoms with Crippen molar-refractivity contribution in [3.05, 3.63) is 41.5 Å². The van der Waals surface area contributed by atoms with Gasteiger partial charge in [-0.1, -0.05) is 19.1 Å². The van der Waals surface area contributed by atoms with Gasteiger partial charge in [0.05, 0.1) is 12.7 Å². The van der Waals surface area contributed by atoms with E-state index >= 15 is 0 Å². The number of methoxy groups -OCH3 is 1. The third kappa shape index (κ3) is 6.34. The molecule has 124 valence electrons. The van der Waals surface area contributed by atoms with Crippen LogP contribution >= 0.6 is 0 Å². The molecule has 0 aliphatic heterocycles. The second-order valence-corrected chi connectivity index (χ2v) is 4.82. The van der Waals surface area contributed by atoms with E-state index in [1.165, 1.54) is 20.1 Å². The second kappa shape index (κ2) is 9.40. The first-order valence-corrected chi connectivity index (χ1v) is 7.32.